The SMILES string of the molecule is c1ccc(-c2cc(-c3ccccc3)nc(-c3ccc(-c4ccc5c(c4)C4(c6ccccc6-5)c5ccccc5N(c5ccccc5)c5ccccc54)cc3)n2)cc1. The Bertz CT molecular complexity index is 2800. The molecule has 3 nitrogen and oxygen atoms in total. The third-order valence-electron chi connectivity index (χ3n) is 11.5. The number of aromatic nitrogens is 2. The zero-order valence-corrected chi connectivity index (χ0v) is 30.5. The summed E-state index contributed by atoms with van der Waals surface area (Å²) in [5.41, 5.74) is 18.0. The Kier molecular flexibility index (Phi) is 7.39. The van der Waals surface area contributed by atoms with Gasteiger partial charge in [-0.15, -0.1) is 0 Å². The van der Waals surface area contributed by atoms with E-state index in [0.717, 1.165) is 39.3 Å². The van der Waals surface area contributed by atoms with Crippen molar-refractivity contribution in [2.45, 2.75) is 5.41 Å². The van der Waals surface area contributed by atoms with Gasteiger partial charge in [-0.25, -0.2) is 9.97 Å². The zero-order valence-electron chi connectivity index (χ0n) is 30.5. The van der Waals surface area contributed by atoms with E-state index in [-0.39, 0.29) is 0 Å². The minimum Gasteiger partial charge on any atom is -0.310 e. The molecule has 1 aliphatic heterocycles. The van der Waals surface area contributed by atoms with Crippen molar-refractivity contribution in [3.8, 4) is 56.2 Å². The lowest BCUT2D eigenvalue weighted by atomic mass is 9.64. The predicted molar refractivity (Wildman–Crippen MR) is 229 cm³/mol. The van der Waals surface area contributed by atoms with Gasteiger partial charge >= 0.3 is 0 Å². The Morgan fingerprint density at radius 3 is 1.39 bits per heavy atom. The van der Waals surface area contributed by atoms with Crippen LogP contribution in [-0.4, -0.2) is 9.97 Å². The van der Waals surface area contributed by atoms with Gasteiger partial charge < -0.3 is 4.90 Å². The van der Waals surface area contributed by atoms with E-state index in [2.05, 4.69) is 205 Å². The Hall–Kier alpha value is -7.36. The highest BCUT2D eigenvalue weighted by atomic mass is 15.2. The van der Waals surface area contributed by atoms with Crippen molar-refractivity contribution in [1.29, 1.82) is 0 Å². The van der Waals surface area contributed by atoms with E-state index in [4.69, 9.17) is 9.97 Å². The molecule has 1 spiro atoms. The predicted octanol–water partition coefficient (Wildman–Crippen LogP) is 13.3. The molecule has 0 fully saturated rings. The van der Waals surface area contributed by atoms with Crippen LogP contribution in [0.5, 0.6) is 0 Å². The van der Waals surface area contributed by atoms with E-state index >= 15 is 0 Å². The lowest BCUT2D eigenvalue weighted by Gasteiger charge is -2.45. The number of fused-ring (bicyclic) bond motifs is 9. The van der Waals surface area contributed by atoms with E-state index in [9.17, 15) is 0 Å². The second kappa shape index (κ2) is 12.9. The van der Waals surface area contributed by atoms with E-state index in [1.165, 1.54) is 50.3 Å². The molecule has 0 amide bonds. The maximum absolute atomic E-state index is 5.08. The van der Waals surface area contributed by atoms with Gasteiger partial charge in [0, 0.05) is 22.4 Å². The topological polar surface area (TPSA) is 29.0 Å². The number of hydrogen-bond acceptors (Lipinski definition) is 3. The molecular formula is C53H35N3. The van der Waals surface area contributed by atoms with Gasteiger partial charge in [0.1, 0.15) is 0 Å². The highest BCUT2D eigenvalue weighted by molar-refractivity contribution is 5.96. The highest BCUT2D eigenvalue weighted by Crippen LogP contribution is 2.63. The van der Waals surface area contributed by atoms with Crippen molar-refractivity contribution in [1.82, 2.24) is 9.97 Å². The third kappa shape index (κ3) is 4.91. The summed E-state index contributed by atoms with van der Waals surface area (Å²) in [6, 6.07) is 76.3. The molecule has 1 aromatic heterocycles. The standard InChI is InChI=1S/C53H35N3/c1-4-16-37(17-5-1)48-35-49(38-18-6-2-7-19-38)55-52(54-48)39-30-28-36(29-31-39)40-32-33-43-42-22-10-11-23-44(42)53(47(43)34-40)45-24-12-14-26-50(45)56(41-20-8-3-9-21-41)51-27-15-13-25-46(51)53/h1-35H. The van der Waals surface area contributed by atoms with E-state index in [0.29, 0.717) is 5.82 Å². The van der Waals surface area contributed by atoms with Crippen LogP contribution in [-0.2, 0) is 5.41 Å². The first kappa shape index (κ1) is 32.1. The number of nitrogens with zero attached hydrogens (tertiary/aromatic N) is 3. The molecule has 56 heavy (non-hydrogen) atoms. The van der Waals surface area contributed by atoms with Crippen LogP contribution < -0.4 is 4.90 Å². The van der Waals surface area contributed by atoms with Crippen LogP contribution in [0.1, 0.15) is 22.3 Å². The van der Waals surface area contributed by atoms with Gasteiger partial charge in [-0.05, 0) is 80.9 Å². The van der Waals surface area contributed by atoms with Crippen molar-refractivity contribution < 1.29 is 0 Å². The van der Waals surface area contributed by atoms with Crippen molar-refractivity contribution in [3.63, 3.8) is 0 Å². The molecule has 0 unspecified atom stereocenters. The summed E-state index contributed by atoms with van der Waals surface area (Å²) < 4.78 is 0. The molecule has 2 heterocycles. The van der Waals surface area contributed by atoms with Crippen LogP contribution >= 0.6 is 0 Å². The second-order valence-corrected chi connectivity index (χ2v) is 14.5. The van der Waals surface area contributed by atoms with Crippen molar-refractivity contribution in [2.24, 2.45) is 0 Å². The quantitative estimate of drug-likeness (QED) is 0.178. The summed E-state index contributed by atoms with van der Waals surface area (Å²) in [6.07, 6.45) is 0. The van der Waals surface area contributed by atoms with Gasteiger partial charge in [0.15, 0.2) is 5.82 Å². The largest absolute Gasteiger partial charge is 0.310 e. The summed E-state index contributed by atoms with van der Waals surface area (Å²) in [4.78, 5) is 12.6. The first-order valence-electron chi connectivity index (χ1n) is 19.2. The smallest absolute Gasteiger partial charge is 0.160 e. The molecule has 2 aliphatic rings. The molecule has 9 aromatic rings. The maximum atomic E-state index is 5.08. The Balaban J connectivity index is 1.06. The van der Waals surface area contributed by atoms with Crippen LogP contribution in [0.25, 0.3) is 56.2 Å². The lowest BCUT2D eigenvalue weighted by molar-refractivity contribution is 0.753. The number of para-hydroxylation sites is 3. The van der Waals surface area contributed by atoms with Crippen LogP contribution in [0, 0.1) is 0 Å². The molecule has 8 aromatic carbocycles. The molecule has 0 N–H and O–H groups in total. The summed E-state index contributed by atoms with van der Waals surface area (Å²) >= 11 is 0. The molecule has 0 atom stereocenters. The molecule has 11 rings (SSSR count). The number of rotatable bonds is 5. The molecule has 0 saturated heterocycles. The van der Waals surface area contributed by atoms with Crippen LogP contribution in [0.2, 0.25) is 0 Å². The fourth-order valence-corrected chi connectivity index (χ4v) is 9.04. The Labute approximate surface area is 326 Å². The van der Waals surface area contributed by atoms with Gasteiger partial charge in [-0.2, -0.15) is 0 Å². The second-order valence-electron chi connectivity index (χ2n) is 14.5. The Morgan fingerprint density at radius 1 is 0.321 bits per heavy atom. The van der Waals surface area contributed by atoms with E-state index in [1.807, 2.05) is 12.1 Å². The number of hydrogen-bond donors (Lipinski definition) is 0. The molecule has 1 aliphatic carbocycles. The normalized spacial score (nSPS) is 13.1. The monoisotopic (exact) mass is 713 g/mol. The molecule has 262 valence electrons. The number of anilines is 3. The average molecular weight is 714 g/mol. The fraction of sp³-hybridized carbons (Fsp3) is 0.0189. The molecular weight excluding hydrogens is 679 g/mol. The van der Waals surface area contributed by atoms with Crippen molar-refractivity contribution >= 4 is 17.1 Å². The van der Waals surface area contributed by atoms with Crippen LogP contribution in [0.3, 0.4) is 0 Å². The highest BCUT2D eigenvalue weighted by Gasteiger charge is 2.51. The van der Waals surface area contributed by atoms with Gasteiger partial charge in [-0.1, -0.05) is 176 Å². The molecule has 0 radical (unpaired) electrons. The maximum Gasteiger partial charge on any atom is 0.160 e. The third-order valence-corrected chi connectivity index (χ3v) is 11.5. The first-order chi connectivity index (χ1) is 27.8. The zero-order chi connectivity index (χ0) is 37.1. The summed E-state index contributed by atoms with van der Waals surface area (Å²) in [5.74, 6) is 0.707. The molecule has 0 saturated carbocycles. The van der Waals surface area contributed by atoms with Gasteiger partial charge in [-0.3, -0.25) is 0 Å². The van der Waals surface area contributed by atoms with E-state index < -0.39 is 5.41 Å². The number of benzene rings is 8. The molecule has 3 heteroatoms. The molecule has 0 bridgehead atoms. The summed E-state index contributed by atoms with van der Waals surface area (Å²) in [5, 5.41) is 0. The summed E-state index contributed by atoms with van der Waals surface area (Å²) in [7, 11) is 0. The van der Waals surface area contributed by atoms with Gasteiger partial charge in [0.2, 0.25) is 0 Å². The fourth-order valence-electron chi connectivity index (χ4n) is 9.04. The van der Waals surface area contributed by atoms with Crippen LogP contribution in [0.4, 0.5) is 17.1 Å². The van der Waals surface area contributed by atoms with Crippen LogP contribution in [0.15, 0.2) is 212 Å². The van der Waals surface area contributed by atoms with Crippen molar-refractivity contribution in [3.05, 3.63) is 235 Å². The minimum atomic E-state index is -0.500. The van der Waals surface area contributed by atoms with Gasteiger partial charge in [0.05, 0.1) is 28.2 Å². The van der Waals surface area contributed by atoms with Gasteiger partial charge in [0.25, 0.3) is 0 Å². The minimum absolute atomic E-state index is 0.500. The average Bonchev–Trinajstić information content (AvgIpc) is 3.57. The summed E-state index contributed by atoms with van der Waals surface area (Å²) in [6.45, 7) is 0. The van der Waals surface area contributed by atoms with E-state index in [1.54, 1.807) is 0 Å². The Morgan fingerprint density at radius 2 is 0.786 bits per heavy atom. The first-order valence-corrected chi connectivity index (χ1v) is 19.2. The van der Waals surface area contributed by atoms with Crippen molar-refractivity contribution in [2.75, 3.05) is 4.90 Å². The lowest BCUT2D eigenvalue weighted by Crippen LogP contribution is -2.36.